The molecule has 1 saturated carbocycles. The van der Waals surface area contributed by atoms with E-state index in [4.69, 9.17) is 9.47 Å². The van der Waals surface area contributed by atoms with Crippen LogP contribution in [0, 0.1) is 0 Å². The minimum atomic E-state index is -0.740. The summed E-state index contributed by atoms with van der Waals surface area (Å²) in [5.41, 5.74) is 2.50. The molecular formula is C48H60N6O6. The number of likely N-dealkylation sites (tertiary alicyclic amines) is 1. The number of nitrogens with one attached hydrogen (secondary N) is 5. The van der Waals surface area contributed by atoms with Crippen LogP contribution in [0.2, 0.25) is 0 Å². The van der Waals surface area contributed by atoms with E-state index in [1.165, 1.54) is 32.1 Å². The van der Waals surface area contributed by atoms with E-state index < -0.39 is 12.1 Å². The van der Waals surface area contributed by atoms with Gasteiger partial charge >= 0.3 is 0 Å². The van der Waals surface area contributed by atoms with Crippen molar-refractivity contribution in [2.75, 3.05) is 40.4 Å². The van der Waals surface area contributed by atoms with Crippen LogP contribution in [0.5, 0.6) is 11.5 Å². The Hall–Kier alpha value is -5.72. The molecule has 3 aliphatic rings. The summed E-state index contributed by atoms with van der Waals surface area (Å²) in [5.74, 6) is 0.438. The number of nitrogens with zero attached hydrogens (tertiary/aromatic N) is 1. The molecular weight excluding hydrogens is 757 g/mol. The maximum atomic E-state index is 13.3. The summed E-state index contributed by atoms with van der Waals surface area (Å²) in [7, 11) is 3.16. The van der Waals surface area contributed by atoms with Crippen molar-refractivity contribution in [2.24, 2.45) is 0 Å². The van der Waals surface area contributed by atoms with Crippen molar-refractivity contribution >= 4 is 23.6 Å². The number of ether oxygens (including phenoxy) is 2. The van der Waals surface area contributed by atoms with E-state index >= 15 is 0 Å². The summed E-state index contributed by atoms with van der Waals surface area (Å²) < 4.78 is 10.3. The molecule has 2 heterocycles. The van der Waals surface area contributed by atoms with Crippen molar-refractivity contribution in [1.82, 2.24) is 31.5 Å². The normalized spacial score (nSPS) is 17.4. The zero-order valence-corrected chi connectivity index (χ0v) is 34.9. The van der Waals surface area contributed by atoms with Gasteiger partial charge in [0, 0.05) is 42.3 Å². The second kappa shape index (κ2) is 22.6. The molecule has 318 valence electrons. The lowest BCUT2D eigenvalue weighted by molar-refractivity contribution is -0.124. The minimum Gasteiger partial charge on any atom is -0.497 e. The van der Waals surface area contributed by atoms with Crippen LogP contribution in [0.25, 0.3) is 0 Å². The van der Waals surface area contributed by atoms with E-state index in [1.807, 2.05) is 60.7 Å². The molecule has 7 rings (SSSR count). The van der Waals surface area contributed by atoms with Gasteiger partial charge in [-0.3, -0.25) is 19.2 Å². The summed E-state index contributed by atoms with van der Waals surface area (Å²) in [4.78, 5) is 54.4. The third-order valence-electron chi connectivity index (χ3n) is 11.7. The van der Waals surface area contributed by atoms with Crippen LogP contribution in [0.1, 0.15) is 102 Å². The maximum Gasteiger partial charge on any atom is 0.252 e. The van der Waals surface area contributed by atoms with Crippen molar-refractivity contribution in [1.29, 1.82) is 0 Å². The molecule has 3 fully saturated rings. The number of carbonyl (C=O) groups is 4. The first-order chi connectivity index (χ1) is 29.3. The van der Waals surface area contributed by atoms with Gasteiger partial charge in [0.25, 0.3) is 11.8 Å². The Morgan fingerprint density at radius 1 is 0.550 bits per heavy atom. The highest BCUT2D eigenvalue weighted by Crippen LogP contribution is 2.26. The maximum absolute atomic E-state index is 13.3. The number of rotatable bonds is 13. The molecule has 0 unspecified atom stereocenters. The lowest BCUT2D eigenvalue weighted by Crippen LogP contribution is -2.50. The van der Waals surface area contributed by atoms with Gasteiger partial charge in [0.2, 0.25) is 11.8 Å². The van der Waals surface area contributed by atoms with E-state index in [0.29, 0.717) is 22.6 Å². The molecule has 0 bridgehead atoms. The first-order valence-electron chi connectivity index (χ1n) is 21.4. The molecule has 2 aliphatic heterocycles. The monoisotopic (exact) mass is 816 g/mol. The smallest absolute Gasteiger partial charge is 0.252 e. The Morgan fingerprint density at radius 3 is 1.38 bits per heavy atom. The fourth-order valence-corrected chi connectivity index (χ4v) is 8.20. The van der Waals surface area contributed by atoms with Crippen molar-refractivity contribution in [3.8, 4) is 11.5 Å². The minimum absolute atomic E-state index is 0.128. The number of hydrogen-bond acceptors (Lipinski definition) is 8. The molecule has 5 N–H and O–H groups in total. The predicted molar refractivity (Wildman–Crippen MR) is 233 cm³/mol. The standard InChI is InChI=1S/C27H35N3O3.C21H25N3O3/c1-33-24-14-12-21(13-15-24)26(31)29-25(20-8-4-2-5-9-20)27(32)28-22-16-18-30(19-17-22)23-10-6-3-7-11-23;1-27-18-9-7-16(8-10-18)20(25)24-19(15-5-3-2-4-6-15)21(26)23-17-11-13-22-14-12-17/h2,4-5,8-9,12-15,22-23,25H,3,6-7,10-11,16-19H2,1H3,(H,28,32)(H,29,31);2-10,17,19,22H,11-14H2,1H3,(H,23,26)(H,24,25)/t25-;19-/m11/s1. The number of carbonyl (C=O) groups excluding carboxylic acids is 4. The molecule has 0 radical (unpaired) electrons. The first-order valence-corrected chi connectivity index (χ1v) is 21.4. The molecule has 2 atom stereocenters. The van der Waals surface area contributed by atoms with E-state index in [-0.39, 0.29) is 35.7 Å². The Morgan fingerprint density at radius 2 is 0.967 bits per heavy atom. The van der Waals surface area contributed by atoms with Gasteiger partial charge in [-0.2, -0.15) is 0 Å². The number of methoxy groups -OCH3 is 2. The van der Waals surface area contributed by atoms with E-state index in [9.17, 15) is 19.2 Å². The number of amides is 4. The van der Waals surface area contributed by atoms with Crippen LogP contribution in [-0.2, 0) is 9.59 Å². The topological polar surface area (TPSA) is 150 Å². The van der Waals surface area contributed by atoms with Gasteiger partial charge in [-0.05, 0) is 111 Å². The molecule has 4 aromatic rings. The van der Waals surface area contributed by atoms with Gasteiger partial charge in [0.05, 0.1) is 14.2 Å². The summed E-state index contributed by atoms with van der Waals surface area (Å²) >= 11 is 0. The zero-order valence-electron chi connectivity index (χ0n) is 34.9. The Bertz CT molecular complexity index is 1940. The van der Waals surface area contributed by atoms with Crippen LogP contribution in [0.15, 0.2) is 109 Å². The molecule has 0 aromatic heterocycles. The zero-order chi connectivity index (χ0) is 42.1. The second-order valence-electron chi connectivity index (χ2n) is 15.7. The van der Waals surface area contributed by atoms with Gasteiger partial charge in [-0.25, -0.2) is 0 Å². The van der Waals surface area contributed by atoms with Crippen LogP contribution >= 0.6 is 0 Å². The van der Waals surface area contributed by atoms with Crippen LogP contribution in [-0.4, -0.2) is 87.1 Å². The van der Waals surface area contributed by atoms with Crippen LogP contribution < -0.4 is 36.1 Å². The third kappa shape index (κ3) is 12.6. The van der Waals surface area contributed by atoms with Gasteiger partial charge in [-0.1, -0.05) is 79.9 Å². The van der Waals surface area contributed by atoms with Crippen molar-refractivity contribution < 1.29 is 28.7 Å². The largest absolute Gasteiger partial charge is 0.497 e. The molecule has 60 heavy (non-hydrogen) atoms. The Kier molecular flexibility index (Phi) is 16.5. The van der Waals surface area contributed by atoms with Crippen molar-refractivity contribution in [2.45, 2.75) is 88.0 Å². The highest BCUT2D eigenvalue weighted by atomic mass is 16.5. The molecule has 2 saturated heterocycles. The SMILES string of the molecule is COc1ccc(C(=O)N[C@@H](C(=O)NC2CCN(C3CCCCC3)CC2)c2ccccc2)cc1.COc1ccc(C(=O)N[C@@H](C(=O)NC2CCNCC2)c2ccccc2)cc1. The average Bonchev–Trinajstić information content (AvgIpc) is 3.31. The third-order valence-corrected chi connectivity index (χ3v) is 11.7. The van der Waals surface area contributed by atoms with Crippen LogP contribution in [0.4, 0.5) is 0 Å². The summed E-state index contributed by atoms with van der Waals surface area (Å²) in [6, 6.07) is 32.0. The van der Waals surface area contributed by atoms with Gasteiger partial charge < -0.3 is 41.0 Å². The molecule has 12 heteroatoms. The number of benzene rings is 4. The number of piperidine rings is 2. The van der Waals surface area contributed by atoms with E-state index in [0.717, 1.165) is 69.0 Å². The van der Waals surface area contributed by atoms with Gasteiger partial charge in [0.15, 0.2) is 0 Å². The lowest BCUT2D eigenvalue weighted by atomic mass is 9.92. The summed E-state index contributed by atoms with van der Waals surface area (Å²) in [6.07, 6.45) is 10.4. The predicted octanol–water partition coefficient (Wildman–Crippen LogP) is 6.11. The van der Waals surface area contributed by atoms with Crippen molar-refractivity contribution in [3.63, 3.8) is 0 Å². The fraction of sp³-hybridized carbons (Fsp3) is 0.417. The lowest BCUT2D eigenvalue weighted by Gasteiger charge is -2.39. The summed E-state index contributed by atoms with van der Waals surface area (Å²) in [5, 5.41) is 15.4. The molecule has 12 nitrogen and oxygen atoms in total. The first kappa shape index (κ1) is 43.8. The highest BCUT2D eigenvalue weighted by molar-refractivity contribution is 5.98. The second-order valence-corrected chi connectivity index (χ2v) is 15.7. The molecule has 0 spiro atoms. The number of hydrogen-bond donors (Lipinski definition) is 5. The van der Waals surface area contributed by atoms with Crippen LogP contribution in [0.3, 0.4) is 0 Å². The fourth-order valence-electron chi connectivity index (χ4n) is 8.20. The van der Waals surface area contributed by atoms with Gasteiger partial charge in [0.1, 0.15) is 23.6 Å². The molecule has 4 amide bonds. The Labute approximate surface area is 354 Å². The van der Waals surface area contributed by atoms with Crippen molar-refractivity contribution in [3.05, 3.63) is 131 Å². The quantitative estimate of drug-likeness (QED) is 0.109. The molecule has 1 aliphatic carbocycles. The average molecular weight is 817 g/mol. The van der Waals surface area contributed by atoms with E-state index in [1.54, 1.807) is 62.8 Å². The van der Waals surface area contributed by atoms with E-state index in [2.05, 4.69) is 31.5 Å². The summed E-state index contributed by atoms with van der Waals surface area (Å²) in [6.45, 7) is 3.84. The van der Waals surface area contributed by atoms with Gasteiger partial charge in [-0.15, -0.1) is 0 Å². The molecule has 4 aromatic carbocycles. The Balaban J connectivity index is 0.000000205. The highest BCUT2D eigenvalue weighted by Gasteiger charge is 2.30.